The van der Waals surface area contributed by atoms with Crippen molar-refractivity contribution in [1.29, 1.82) is 0 Å². The van der Waals surface area contributed by atoms with Crippen molar-refractivity contribution in [2.45, 2.75) is 38.3 Å². The number of amides is 1. The number of nitrogens with two attached hydrogens (primary N) is 1. The van der Waals surface area contributed by atoms with E-state index >= 15 is 0 Å². The summed E-state index contributed by atoms with van der Waals surface area (Å²) < 4.78 is 5.22. The monoisotopic (exact) mass is 248 g/mol. The van der Waals surface area contributed by atoms with E-state index in [1.807, 2.05) is 25.1 Å². The third-order valence-electron chi connectivity index (χ3n) is 3.49. The number of nitrogens with one attached hydrogen (secondary N) is 1. The minimum Gasteiger partial charge on any atom is -0.496 e. The minimum atomic E-state index is -0.0992. The predicted molar refractivity (Wildman–Crippen MR) is 70.8 cm³/mol. The van der Waals surface area contributed by atoms with Gasteiger partial charge in [0.1, 0.15) is 5.75 Å². The summed E-state index contributed by atoms with van der Waals surface area (Å²) in [6.45, 7) is 1.96. The molecule has 1 saturated carbocycles. The molecule has 2 atom stereocenters. The van der Waals surface area contributed by atoms with Gasteiger partial charge in [0.25, 0.3) is 5.91 Å². The van der Waals surface area contributed by atoms with Crippen LogP contribution in [0.1, 0.15) is 35.2 Å². The van der Waals surface area contributed by atoms with Crippen LogP contribution in [0.15, 0.2) is 18.2 Å². The summed E-state index contributed by atoms with van der Waals surface area (Å²) in [7, 11) is 1.57. The Labute approximate surface area is 108 Å². The quantitative estimate of drug-likeness (QED) is 0.854. The fourth-order valence-electron chi connectivity index (χ4n) is 2.41. The second kappa shape index (κ2) is 5.40. The number of hydrogen-bond acceptors (Lipinski definition) is 3. The molecular formula is C14H20N2O2. The van der Waals surface area contributed by atoms with Crippen molar-refractivity contribution >= 4 is 5.91 Å². The molecule has 1 aromatic carbocycles. The lowest BCUT2D eigenvalue weighted by molar-refractivity contribution is 0.0931. The molecule has 1 aromatic rings. The summed E-state index contributed by atoms with van der Waals surface area (Å²) in [5, 5.41) is 3.00. The molecule has 0 aromatic heterocycles. The van der Waals surface area contributed by atoms with Crippen LogP contribution in [0.3, 0.4) is 0 Å². The third-order valence-corrected chi connectivity index (χ3v) is 3.49. The molecule has 1 amide bonds. The minimum absolute atomic E-state index is 0.0738. The molecule has 18 heavy (non-hydrogen) atoms. The second-order valence-electron chi connectivity index (χ2n) is 4.88. The van der Waals surface area contributed by atoms with E-state index < -0.39 is 0 Å². The van der Waals surface area contributed by atoms with E-state index in [0.29, 0.717) is 11.3 Å². The maximum absolute atomic E-state index is 12.2. The molecule has 0 spiro atoms. The Morgan fingerprint density at radius 3 is 2.83 bits per heavy atom. The van der Waals surface area contributed by atoms with Crippen molar-refractivity contribution in [3.8, 4) is 5.75 Å². The van der Waals surface area contributed by atoms with Gasteiger partial charge < -0.3 is 15.8 Å². The second-order valence-corrected chi connectivity index (χ2v) is 4.88. The highest BCUT2D eigenvalue weighted by Gasteiger charge is 2.26. The van der Waals surface area contributed by atoms with E-state index in [0.717, 1.165) is 24.8 Å². The highest BCUT2D eigenvalue weighted by atomic mass is 16.5. The molecule has 1 aliphatic rings. The standard InChI is InChI=1S/C14H20N2O2/c1-9-6-7-13(18-2)10(8-9)14(17)16-12-5-3-4-11(12)15/h6-8,11-12H,3-5,15H2,1-2H3,(H,16,17). The highest BCUT2D eigenvalue weighted by molar-refractivity contribution is 5.97. The van der Waals surface area contributed by atoms with Gasteiger partial charge in [0, 0.05) is 12.1 Å². The summed E-state index contributed by atoms with van der Waals surface area (Å²) in [5.74, 6) is 0.502. The van der Waals surface area contributed by atoms with Crippen LogP contribution in [-0.4, -0.2) is 25.1 Å². The topological polar surface area (TPSA) is 64.3 Å². The van der Waals surface area contributed by atoms with Crippen molar-refractivity contribution in [2.24, 2.45) is 5.73 Å². The van der Waals surface area contributed by atoms with Gasteiger partial charge in [-0.05, 0) is 38.3 Å². The van der Waals surface area contributed by atoms with Crippen LogP contribution >= 0.6 is 0 Å². The van der Waals surface area contributed by atoms with E-state index in [9.17, 15) is 4.79 Å². The van der Waals surface area contributed by atoms with Gasteiger partial charge in [-0.3, -0.25) is 4.79 Å². The van der Waals surface area contributed by atoms with Gasteiger partial charge in [-0.15, -0.1) is 0 Å². The van der Waals surface area contributed by atoms with Gasteiger partial charge in [0.2, 0.25) is 0 Å². The number of hydrogen-bond donors (Lipinski definition) is 2. The van der Waals surface area contributed by atoms with Gasteiger partial charge in [-0.25, -0.2) is 0 Å². The SMILES string of the molecule is COc1ccc(C)cc1C(=O)NC1CCCC1N. The van der Waals surface area contributed by atoms with Gasteiger partial charge in [0.05, 0.1) is 12.7 Å². The normalized spacial score (nSPS) is 22.8. The Kier molecular flexibility index (Phi) is 3.87. The first-order valence-corrected chi connectivity index (χ1v) is 6.33. The van der Waals surface area contributed by atoms with Crippen molar-refractivity contribution in [3.63, 3.8) is 0 Å². The predicted octanol–water partition coefficient (Wildman–Crippen LogP) is 1.61. The molecule has 0 radical (unpaired) electrons. The lowest BCUT2D eigenvalue weighted by Gasteiger charge is -2.18. The lowest BCUT2D eigenvalue weighted by Crippen LogP contribution is -2.44. The first kappa shape index (κ1) is 12.9. The van der Waals surface area contributed by atoms with E-state index in [2.05, 4.69) is 5.32 Å². The van der Waals surface area contributed by atoms with Crippen LogP contribution in [0.2, 0.25) is 0 Å². The van der Waals surface area contributed by atoms with E-state index in [-0.39, 0.29) is 18.0 Å². The molecule has 2 rings (SSSR count). The molecule has 0 bridgehead atoms. The zero-order valence-corrected chi connectivity index (χ0v) is 10.9. The molecule has 4 heteroatoms. The number of ether oxygens (including phenoxy) is 1. The number of aryl methyl sites for hydroxylation is 1. The van der Waals surface area contributed by atoms with Crippen LogP contribution in [-0.2, 0) is 0 Å². The molecule has 4 nitrogen and oxygen atoms in total. The molecule has 0 saturated heterocycles. The summed E-state index contributed by atoms with van der Waals surface area (Å²) in [6.07, 6.45) is 3.02. The Bertz CT molecular complexity index is 445. The number of carbonyl (C=O) groups is 1. The third kappa shape index (κ3) is 2.64. The number of carbonyl (C=O) groups excluding carboxylic acids is 1. The first-order chi connectivity index (χ1) is 8.61. The van der Waals surface area contributed by atoms with Crippen LogP contribution in [0, 0.1) is 6.92 Å². The Hall–Kier alpha value is -1.55. The Morgan fingerprint density at radius 2 is 2.22 bits per heavy atom. The van der Waals surface area contributed by atoms with Gasteiger partial charge in [0.15, 0.2) is 0 Å². The molecule has 2 unspecified atom stereocenters. The zero-order valence-electron chi connectivity index (χ0n) is 10.9. The van der Waals surface area contributed by atoms with Crippen molar-refractivity contribution < 1.29 is 9.53 Å². The smallest absolute Gasteiger partial charge is 0.255 e. The number of methoxy groups -OCH3 is 1. The fourth-order valence-corrected chi connectivity index (χ4v) is 2.41. The largest absolute Gasteiger partial charge is 0.496 e. The van der Waals surface area contributed by atoms with Crippen LogP contribution in [0.4, 0.5) is 0 Å². The summed E-state index contributed by atoms with van der Waals surface area (Å²) in [6, 6.07) is 5.75. The molecule has 1 fully saturated rings. The van der Waals surface area contributed by atoms with E-state index in [1.165, 1.54) is 0 Å². The maximum Gasteiger partial charge on any atom is 0.255 e. The van der Waals surface area contributed by atoms with Gasteiger partial charge in [-0.1, -0.05) is 11.6 Å². The molecule has 1 aliphatic carbocycles. The summed E-state index contributed by atoms with van der Waals surface area (Å²) in [4.78, 5) is 12.2. The van der Waals surface area contributed by atoms with Crippen LogP contribution in [0.5, 0.6) is 5.75 Å². The molecule has 0 aliphatic heterocycles. The molecule has 3 N–H and O–H groups in total. The Balaban J connectivity index is 2.15. The highest BCUT2D eigenvalue weighted by Crippen LogP contribution is 2.22. The van der Waals surface area contributed by atoms with Crippen molar-refractivity contribution in [2.75, 3.05) is 7.11 Å². The Morgan fingerprint density at radius 1 is 1.44 bits per heavy atom. The van der Waals surface area contributed by atoms with Gasteiger partial charge >= 0.3 is 0 Å². The summed E-state index contributed by atoms with van der Waals surface area (Å²) >= 11 is 0. The lowest BCUT2D eigenvalue weighted by atomic mass is 10.1. The van der Waals surface area contributed by atoms with Gasteiger partial charge in [-0.2, -0.15) is 0 Å². The molecule has 0 heterocycles. The zero-order chi connectivity index (χ0) is 13.1. The average molecular weight is 248 g/mol. The first-order valence-electron chi connectivity index (χ1n) is 6.33. The van der Waals surface area contributed by atoms with Crippen LogP contribution in [0.25, 0.3) is 0 Å². The average Bonchev–Trinajstić information content (AvgIpc) is 2.75. The van der Waals surface area contributed by atoms with Crippen molar-refractivity contribution in [1.82, 2.24) is 5.32 Å². The number of benzene rings is 1. The van der Waals surface area contributed by atoms with E-state index in [1.54, 1.807) is 7.11 Å². The maximum atomic E-state index is 12.2. The fraction of sp³-hybridized carbons (Fsp3) is 0.500. The summed E-state index contributed by atoms with van der Waals surface area (Å²) in [5.41, 5.74) is 7.58. The molecule has 98 valence electrons. The van der Waals surface area contributed by atoms with Crippen molar-refractivity contribution in [3.05, 3.63) is 29.3 Å². The van der Waals surface area contributed by atoms with E-state index in [4.69, 9.17) is 10.5 Å². The van der Waals surface area contributed by atoms with Crippen LogP contribution < -0.4 is 15.8 Å². The molecular weight excluding hydrogens is 228 g/mol. The number of rotatable bonds is 3.